The number of alkyl halides is 2. The summed E-state index contributed by atoms with van der Waals surface area (Å²) in [6.07, 6.45) is -1.37. The molecule has 0 amide bonds. The molecule has 40 heavy (non-hydrogen) atoms. The Morgan fingerprint density at radius 2 is 1.82 bits per heavy atom. The van der Waals surface area contributed by atoms with Gasteiger partial charge in [0.05, 0.1) is 29.1 Å². The zero-order valence-electron chi connectivity index (χ0n) is 23.1. The molecule has 4 heterocycles. The second-order valence-corrected chi connectivity index (χ2v) is 11.8. The molecule has 1 aromatic carbocycles. The zero-order chi connectivity index (χ0) is 28.8. The maximum atomic E-state index is 12.8. The molecular weight excluding hydrogens is 561 g/mol. The molecule has 0 aliphatic carbocycles. The maximum absolute atomic E-state index is 12.8. The third kappa shape index (κ3) is 5.64. The predicted octanol–water partition coefficient (Wildman–Crippen LogP) is 5.39. The lowest BCUT2D eigenvalue weighted by atomic mass is 9.72. The van der Waals surface area contributed by atoms with E-state index in [9.17, 15) is 13.9 Å². The van der Waals surface area contributed by atoms with Crippen molar-refractivity contribution in [2.45, 2.75) is 46.1 Å². The normalized spacial score (nSPS) is 17.3. The minimum Gasteiger partial charge on any atom is -0.491 e. The third-order valence-corrected chi connectivity index (χ3v) is 8.37. The molecule has 12 heteroatoms. The highest BCUT2D eigenvalue weighted by molar-refractivity contribution is 6.33. The maximum Gasteiger partial charge on any atom is 0.251 e. The van der Waals surface area contributed by atoms with E-state index < -0.39 is 12.5 Å². The number of aliphatic hydroxyl groups is 1. The highest BCUT2D eigenvalue weighted by Crippen LogP contribution is 2.44. The first kappa shape index (κ1) is 29.0. The van der Waals surface area contributed by atoms with Crippen LogP contribution in [0.15, 0.2) is 18.2 Å². The minimum absolute atomic E-state index is 0.00306. The summed E-state index contributed by atoms with van der Waals surface area (Å²) in [5, 5.41) is 15.4. The van der Waals surface area contributed by atoms with Crippen LogP contribution >= 0.6 is 23.2 Å². The van der Waals surface area contributed by atoms with E-state index in [2.05, 4.69) is 10.00 Å². The monoisotopic (exact) mass is 594 g/mol. The summed E-state index contributed by atoms with van der Waals surface area (Å²) in [5.74, 6) is 1.74. The first-order valence-electron chi connectivity index (χ1n) is 13.4. The van der Waals surface area contributed by atoms with Crippen molar-refractivity contribution in [2.75, 3.05) is 44.2 Å². The van der Waals surface area contributed by atoms with Crippen molar-refractivity contribution in [1.82, 2.24) is 24.6 Å². The number of aryl methyl sites for hydroxylation is 1. The molecule has 0 bridgehead atoms. The van der Waals surface area contributed by atoms with E-state index in [1.807, 2.05) is 27.8 Å². The molecule has 0 saturated carbocycles. The number of benzene rings is 1. The van der Waals surface area contributed by atoms with Crippen LogP contribution in [0.25, 0.3) is 22.8 Å². The molecule has 5 rings (SSSR count). The number of aromatic nitrogens is 4. The summed E-state index contributed by atoms with van der Waals surface area (Å²) in [6.45, 7) is 8.63. The Labute approximate surface area is 242 Å². The number of likely N-dealkylation sites (tertiary alicyclic amines) is 1. The number of anilines is 1. The molecule has 2 aliphatic heterocycles. The fourth-order valence-electron chi connectivity index (χ4n) is 5.81. The van der Waals surface area contributed by atoms with E-state index in [1.165, 1.54) is 0 Å². The average Bonchev–Trinajstić information content (AvgIpc) is 3.10. The van der Waals surface area contributed by atoms with Gasteiger partial charge in [0.2, 0.25) is 0 Å². The van der Waals surface area contributed by atoms with Crippen molar-refractivity contribution in [2.24, 2.45) is 12.5 Å². The lowest BCUT2D eigenvalue weighted by Gasteiger charge is -2.60. The molecule has 0 unspecified atom stereocenters. The van der Waals surface area contributed by atoms with Crippen LogP contribution in [0.1, 0.15) is 30.9 Å². The Kier molecular flexibility index (Phi) is 8.25. The number of nitrogens with zero attached hydrogens (tertiary/aromatic N) is 6. The molecule has 1 atom stereocenters. The molecule has 0 radical (unpaired) electrons. The molecule has 1 spiro atoms. The van der Waals surface area contributed by atoms with Crippen molar-refractivity contribution >= 4 is 29.0 Å². The Balaban J connectivity index is 1.50. The van der Waals surface area contributed by atoms with Gasteiger partial charge in [0.15, 0.2) is 11.0 Å². The molecule has 3 aromatic rings. The van der Waals surface area contributed by atoms with Crippen LogP contribution in [0.4, 0.5) is 14.6 Å². The summed E-state index contributed by atoms with van der Waals surface area (Å²) >= 11 is 13.0. The fourth-order valence-corrected chi connectivity index (χ4v) is 6.21. The molecular formula is C28H34Cl2F2N6O2. The number of rotatable bonds is 10. The number of aliphatic hydroxyl groups excluding tert-OH is 1. The van der Waals surface area contributed by atoms with Gasteiger partial charge in [0.1, 0.15) is 18.2 Å². The van der Waals surface area contributed by atoms with Crippen LogP contribution in [-0.4, -0.2) is 81.6 Å². The fraction of sp³-hybridized carbons (Fsp3) is 0.536. The van der Waals surface area contributed by atoms with Gasteiger partial charge < -0.3 is 14.7 Å². The van der Waals surface area contributed by atoms with Crippen LogP contribution in [-0.2, 0) is 7.05 Å². The Hall–Kier alpha value is -2.53. The number of ether oxygens (including phenoxy) is 1. The highest BCUT2D eigenvalue weighted by atomic mass is 35.5. The second kappa shape index (κ2) is 11.4. The first-order chi connectivity index (χ1) is 19.0. The van der Waals surface area contributed by atoms with Gasteiger partial charge in [-0.3, -0.25) is 9.58 Å². The molecule has 216 valence electrons. The van der Waals surface area contributed by atoms with Gasteiger partial charge in [-0.05, 0) is 38.5 Å². The highest BCUT2D eigenvalue weighted by Gasteiger charge is 2.52. The summed E-state index contributed by atoms with van der Waals surface area (Å²) in [4.78, 5) is 13.9. The molecule has 2 fully saturated rings. The summed E-state index contributed by atoms with van der Waals surface area (Å²) in [7, 11) is 1.82. The molecule has 2 saturated heterocycles. The molecule has 1 N–H and O–H groups in total. The largest absolute Gasteiger partial charge is 0.491 e. The van der Waals surface area contributed by atoms with Gasteiger partial charge in [-0.1, -0.05) is 36.5 Å². The lowest BCUT2D eigenvalue weighted by molar-refractivity contribution is -0.0515. The van der Waals surface area contributed by atoms with Gasteiger partial charge in [0, 0.05) is 55.3 Å². The van der Waals surface area contributed by atoms with Gasteiger partial charge in [-0.15, -0.1) is 0 Å². The van der Waals surface area contributed by atoms with E-state index in [0.717, 1.165) is 42.1 Å². The Bertz CT molecular complexity index is 1390. The quantitative estimate of drug-likeness (QED) is 0.337. The molecule has 2 aliphatic rings. The van der Waals surface area contributed by atoms with E-state index in [4.69, 9.17) is 37.9 Å². The van der Waals surface area contributed by atoms with Crippen LogP contribution < -0.4 is 9.64 Å². The van der Waals surface area contributed by atoms with Crippen LogP contribution in [0.2, 0.25) is 10.2 Å². The van der Waals surface area contributed by atoms with Gasteiger partial charge in [-0.2, -0.15) is 5.10 Å². The Morgan fingerprint density at radius 1 is 1.10 bits per heavy atom. The molecule has 2 aromatic heterocycles. The van der Waals surface area contributed by atoms with Crippen molar-refractivity contribution in [3.8, 4) is 28.5 Å². The predicted molar refractivity (Wildman–Crippen MR) is 153 cm³/mol. The van der Waals surface area contributed by atoms with E-state index in [1.54, 1.807) is 27.8 Å². The summed E-state index contributed by atoms with van der Waals surface area (Å²) in [5.41, 5.74) is 3.74. The Morgan fingerprint density at radius 3 is 2.45 bits per heavy atom. The number of halogens is 4. The van der Waals surface area contributed by atoms with Gasteiger partial charge in [0.25, 0.3) is 6.43 Å². The van der Waals surface area contributed by atoms with E-state index >= 15 is 0 Å². The van der Waals surface area contributed by atoms with Gasteiger partial charge in [-0.25, -0.2) is 18.7 Å². The third-order valence-electron chi connectivity index (χ3n) is 7.68. The number of hydrogen-bond acceptors (Lipinski definition) is 7. The topological polar surface area (TPSA) is 79.5 Å². The standard InChI is InChI=1S/C28H34Cl2F2N6O2/c1-5-6-18(39)11-40-19-7-8-21(29)20(9-19)26-33-23(24-17(3)25(30)35-36(24)4)16(2)27(34-26)38-14-28(15-38)12-37(13-28)10-22(31)32/h7-9,18,22,39H,5-6,10-15H2,1-4H3/t18-/m1/s1. The van der Waals surface area contributed by atoms with Crippen LogP contribution in [0.3, 0.4) is 0 Å². The molecule has 8 nitrogen and oxygen atoms in total. The van der Waals surface area contributed by atoms with Crippen molar-refractivity contribution in [3.05, 3.63) is 39.5 Å². The van der Waals surface area contributed by atoms with Crippen LogP contribution in [0.5, 0.6) is 5.75 Å². The lowest BCUT2D eigenvalue weighted by Crippen LogP contribution is -2.72. The van der Waals surface area contributed by atoms with E-state index in [0.29, 0.717) is 52.5 Å². The van der Waals surface area contributed by atoms with Crippen molar-refractivity contribution < 1.29 is 18.6 Å². The minimum atomic E-state index is -2.32. The first-order valence-corrected chi connectivity index (χ1v) is 14.2. The smallest absolute Gasteiger partial charge is 0.251 e. The summed E-state index contributed by atoms with van der Waals surface area (Å²) in [6, 6.07) is 5.28. The summed E-state index contributed by atoms with van der Waals surface area (Å²) < 4.78 is 33.2. The van der Waals surface area contributed by atoms with Crippen molar-refractivity contribution in [1.29, 1.82) is 0 Å². The average molecular weight is 596 g/mol. The van der Waals surface area contributed by atoms with E-state index in [-0.39, 0.29) is 18.6 Å². The number of hydrogen-bond donors (Lipinski definition) is 1. The van der Waals surface area contributed by atoms with Crippen molar-refractivity contribution in [3.63, 3.8) is 0 Å². The zero-order valence-corrected chi connectivity index (χ0v) is 24.6. The SMILES string of the molecule is CCC[C@@H](O)COc1ccc(Cl)c(-c2nc(-c3c(C)c(Cl)nn3C)c(C)c(N3CC4(CN(CC(F)F)C4)C3)n2)c1. The van der Waals surface area contributed by atoms with Crippen LogP contribution in [0, 0.1) is 19.3 Å². The second-order valence-electron chi connectivity index (χ2n) is 11.0. The van der Waals surface area contributed by atoms with Gasteiger partial charge >= 0.3 is 0 Å².